The molecule has 0 aromatic carbocycles. The second kappa shape index (κ2) is 6.04. The van der Waals surface area contributed by atoms with Crippen LogP contribution < -0.4 is 0 Å². The van der Waals surface area contributed by atoms with E-state index in [4.69, 9.17) is 4.74 Å². The minimum atomic E-state index is -0.611. The molecular weight excluding hydrogens is 254 g/mol. The number of methoxy groups -OCH3 is 1. The smallest absolute Gasteiger partial charge is 0.172 e. The van der Waals surface area contributed by atoms with Crippen LogP contribution in [0.3, 0.4) is 0 Å². The van der Waals surface area contributed by atoms with Crippen molar-refractivity contribution in [3.8, 4) is 0 Å². The van der Waals surface area contributed by atoms with Crippen LogP contribution in [0.4, 0.5) is 0 Å². The molecule has 1 aromatic heterocycles. The van der Waals surface area contributed by atoms with Gasteiger partial charge in [-0.1, -0.05) is 6.92 Å². The maximum atomic E-state index is 12.7. The Kier molecular flexibility index (Phi) is 4.58. The van der Waals surface area contributed by atoms with Gasteiger partial charge in [-0.05, 0) is 45.4 Å². The fourth-order valence-electron chi connectivity index (χ4n) is 2.96. The molecule has 5 heteroatoms. The van der Waals surface area contributed by atoms with Crippen LogP contribution in [0.5, 0.6) is 0 Å². The Bertz CT molecular complexity index is 459. The molecule has 0 saturated heterocycles. The van der Waals surface area contributed by atoms with Crippen molar-refractivity contribution in [1.29, 1.82) is 0 Å². The lowest BCUT2D eigenvalue weighted by Crippen LogP contribution is -2.45. The van der Waals surface area contributed by atoms with E-state index in [0.29, 0.717) is 12.3 Å². The number of ketones is 1. The highest BCUT2D eigenvalue weighted by Crippen LogP contribution is 2.35. The number of ether oxygens (including phenoxy) is 1. The minimum absolute atomic E-state index is 0.141. The lowest BCUT2D eigenvalue weighted by molar-refractivity contribution is -0.145. The first-order valence-corrected chi connectivity index (χ1v) is 7.45. The topological polar surface area (TPSA) is 57.0 Å². The molecular formula is C15H25N3O2. The second-order valence-electron chi connectivity index (χ2n) is 6.20. The van der Waals surface area contributed by atoms with Crippen LogP contribution in [-0.2, 0) is 16.0 Å². The fraction of sp³-hybridized carbons (Fsp3) is 0.800. The highest BCUT2D eigenvalue weighted by Gasteiger charge is 2.41. The molecule has 0 atom stereocenters. The van der Waals surface area contributed by atoms with Crippen molar-refractivity contribution < 1.29 is 9.53 Å². The molecule has 0 amide bonds. The molecule has 0 spiro atoms. The van der Waals surface area contributed by atoms with Crippen LogP contribution in [0.25, 0.3) is 0 Å². The van der Waals surface area contributed by atoms with Gasteiger partial charge in [0.2, 0.25) is 0 Å². The maximum absolute atomic E-state index is 12.7. The van der Waals surface area contributed by atoms with Gasteiger partial charge in [0.05, 0.1) is 6.42 Å². The number of rotatable bonds is 5. The number of aromatic nitrogens is 3. The van der Waals surface area contributed by atoms with E-state index in [9.17, 15) is 4.79 Å². The van der Waals surface area contributed by atoms with Crippen molar-refractivity contribution in [2.75, 3.05) is 7.11 Å². The van der Waals surface area contributed by atoms with Crippen molar-refractivity contribution in [1.82, 2.24) is 14.8 Å². The Morgan fingerprint density at radius 2 is 2.15 bits per heavy atom. The molecule has 2 rings (SSSR count). The van der Waals surface area contributed by atoms with Gasteiger partial charge in [-0.3, -0.25) is 4.79 Å². The number of hydrogen-bond acceptors (Lipinski definition) is 4. The van der Waals surface area contributed by atoms with E-state index in [-0.39, 0.29) is 11.8 Å². The standard InChI is InChI=1S/C15H25N3O2/c1-11(2)18-14(16-10-17-18)9-13(19)15(20-4)7-5-12(3)6-8-15/h10-12H,5-9H2,1-4H3. The van der Waals surface area contributed by atoms with Gasteiger partial charge in [-0.25, -0.2) is 9.67 Å². The van der Waals surface area contributed by atoms with Crippen LogP contribution in [-0.4, -0.2) is 33.3 Å². The predicted octanol–water partition coefficient (Wildman–Crippen LogP) is 2.57. The third-order valence-electron chi connectivity index (χ3n) is 4.44. The van der Waals surface area contributed by atoms with E-state index < -0.39 is 5.60 Å². The minimum Gasteiger partial charge on any atom is -0.370 e. The van der Waals surface area contributed by atoms with Crippen molar-refractivity contribution in [3.05, 3.63) is 12.2 Å². The average molecular weight is 279 g/mol. The first kappa shape index (κ1) is 15.2. The Morgan fingerprint density at radius 1 is 1.50 bits per heavy atom. The average Bonchev–Trinajstić information content (AvgIpc) is 2.88. The Hall–Kier alpha value is -1.23. The molecule has 0 aliphatic heterocycles. The van der Waals surface area contributed by atoms with Crippen molar-refractivity contribution in [2.24, 2.45) is 5.92 Å². The molecule has 1 fully saturated rings. The highest BCUT2D eigenvalue weighted by molar-refractivity contribution is 5.88. The summed E-state index contributed by atoms with van der Waals surface area (Å²) in [6, 6.07) is 0.213. The van der Waals surface area contributed by atoms with Gasteiger partial charge in [-0.2, -0.15) is 5.10 Å². The lowest BCUT2D eigenvalue weighted by Gasteiger charge is -2.36. The molecule has 0 radical (unpaired) electrons. The lowest BCUT2D eigenvalue weighted by atomic mass is 9.76. The molecule has 1 aromatic rings. The van der Waals surface area contributed by atoms with Gasteiger partial charge in [0.25, 0.3) is 0 Å². The Labute approximate surface area is 120 Å². The van der Waals surface area contributed by atoms with E-state index in [0.717, 1.165) is 31.5 Å². The molecule has 0 unspecified atom stereocenters. The number of Topliss-reactive ketones (excluding diaryl/α,β-unsaturated/α-hetero) is 1. The Balaban J connectivity index is 2.12. The van der Waals surface area contributed by atoms with Gasteiger partial charge < -0.3 is 4.74 Å². The summed E-state index contributed by atoms with van der Waals surface area (Å²) >= 11 is 0. The van der Waals surface area contributed by atoms with E-state index in [1.54, 1.807) is 7.11 Å². The summed E-state index contributed by atoms with van der Waals surface area (Å²) in [4.78, 5) is 16.9. The molecule has 0 bridgehead atoms. The quantitative estimate of drug-likeness (QED) is 0.831. The summed E-state index contributed by atoms with van der Waals surface area (Å²) < 4.78 is 7.44. The van der Waals surface area contributed by atoms with Crippen molar-refractivity contribution in [3.63, 3.8) is 0 Å². The van der Waals surface area contributed by atoms with Gasteiger partial charge in [-0.15, -0.1) is 0 Å². The molecule has 1 heterocycles. The molecule has 1 saturated carbocycles. The highest BCUT2D eigenvalue weighted by atomic mass is 16.5. The summed E-state index contributed by atoms with van der Waals surface area (Å²) in [5, 5.41) is 4.19. The van der Waals surface area contributed by atoms with E-state index in [1.807, 2.05) is 18.5 Å². The molecule has 0 N–H and O–H groups in total. The monoisotopic (exact) mass is 279 g/mol. The normalized spacial score (nSPS) is 26.9. The Morgan fingerprint density at radius 3 is 2.70 bits per heavy atom. The summed E-state index contributed by atoms with van der Waals surface area (Å²) in [7, 11) is 1.65. The number of hydrogen-bond donors (Lipinski definition) is 0. The SMILES string of the molecule is COC1(C(=O)Cc2ncnn2C(C)C)CCC(C)CC1. The molecule has 20 heavy (non-hydrogen) atoms. The zero-order chi connectivity index (χ0) is 14.8. The van der Waals surface area contributed by atoms with Crippen molar-refractivity contribution in [2.45, 2.75) is 64.5 Å². The molecule has 112 valence electrons. The summed E-state index contributed by atoms with van der Waals surface area (Å²) in [5.74, 6) is 1.56. The van der Waals surface area contributed by atoms with Crippen molar-refractivity contribution >= 4 is 5.78 Å². The zero-order valence-electron chi connectivity index (χ0n) is 12.9. The van der Waals surface area contributed by atoms with Crippen LogP contribution >= 0.6 is 0 Å². The second-order valence-corrected chi connectivity index (χ2v) is 6.20. The predicted molar refractivity (Wildman–Crippen MR) is 76.5 cm³/mol. The van der Waals surface area contributed by atoms with E-state index in [1.165, 1.54) is 6.33 Å². The zero-order valence-corrected chi connectivity index (χ0v) is 12.9. The third kappa shape index (κ3) is 2.92. The summed E-state index contributed by atoms with van der Waals surface area (Å²) in [6.07, 6.45) is 5.57. The fourth-order valence-corrected chi connectivity index (χ4v) is 2.96. The first-order chi connectivity index (χ1) is 9.48. The van der Waals surface area contributed by atoms with Crippen LogP contribution in [0.1, 0.15) is 58.3 Å². The molecule has 1 aliphatic carbocycles. The van der Waals surface area contributed by atoms with E-state index >= 15 is 0 Å². The van der Waals surface area contributed by atoms with Gasteiger partial charge in [0, 0.05) is 13.2 Å². The molecule has 5 nitrogen and oxygen atoms in total. The van der Waals surface area contributed by atoms with Crippen LogP contribution in [0, 0.1) is 5.92 Å². The largest absolute Gasteiger partial charge is 0.370 e. The van der Waals surface area contributed by atoms with Gasteiger partial charge in [0.15, 0.2) is 5.78 Å². The number of carbonyl (C=O) groups excluding carboxylic acids is 1. The van der Waals surface area contributed by atoms with Crippen LogP contribution in [0.2, 0.25) is 0 Å². The molecule has 1 aliphatic rings. The summed E-state index contributed by atoms with van der Waals surface area (Å²) in [5.41, 5.74) is -0.611. The first-order valence-electron chi connectivity index (χ1n) is 7.45. The van der Waals surface area contributed by atoms with Gasteiger partial charge in [0.1, 0.15) is 17.8 Å². The van der Waals surface area contributed by atoms with Crippen LogP contribution in [0.15, 0.2) is 6.33 Å². The third-order valence-corrected chi connectivity index (χ3v) is 4.44. The van der Waals surface area contributed by atoms with Gasteiger partial charge >= 0.3 is 0 Å². The van der Waals surface area contributed by atoms with E-state index in [2.05, 4.69) is 17.0 Å². The summed E-state index contributed by atoms with van der Waals surface area (Å²) in [6.45, 7) is 6.31. The number of carbonyl (C=O) groups is 1. The maximum Gasteiger partial charge on any atom is 0.172 e. The number of nitrogens with zero attached hydrogens (tertiary/aromatic N) is 3.